The first-order valence-electron chi connectivity index (χ1n) is 6.33. The summed E-state index contributed by atoms with van der Waals surface area (Å²) in [6, 6.07) is 8.63. The highest BCUT2D eigenvalue weighted by molar-refractivity contribution is 5.93. The number of hydrogen-bond donors (Lipinski definition) is 0. The Morgan fingerprint density at radius 3 is 2.68 bits per heavy atom. The first-order valence-corrected chi connectivity index (χ1v) is 6.33. The van der Waals surface area contributed by atoms with Crippen molar-refractivity contribution in [2.75, 3.05) is 7.11 Å². The molecule has 3 rings (SSSR count). The smallest absolute Gasteiger partial charge is 0.272 e. The van der Waals surface area contributed by atoms with Gasteiger partial charge in [-0.3, -0.25) is 10.1 Å². The van der Waals surface area contributed by atoms with Crippen LogP contribution in [0.25, 0.3) is 22.2 Å². The molecule has 0 fully saturated rings. The van der Waals surface area contributed by atoms with Crippen molar-refractivity contribution in [1.82, 2.24) is 9.97 Å². The largest absolute Gasteiger partial charge is 0.497 e. The quantitative estimate of drug-likeness (QED) is 0.547. The van der Waals surface area contributed by atoms with E-state index >= 15 is 0 Å². The van der Waals surface area contributed by atoms with Crippen molar-refractivity contribution in [3.63, 3.8) is 0 Å². The molecule has 110 valence electrons. The predicted octanol–water partition coefficient (Wildman–Crippen LogP) is 3.35. The highest BCUT2D eigenvalue weighted by atomic mass is 19.1. The van der Waals surface area contributed by atoms with Crippen molar-refractivity contribution in [3.05, 3.63) is 58.7 Å². The Hall–Kier alpha value is -3.09. The summed E-state index contributed by atoms with van der Waals surface area (Å²) in [4.78, 5) is 18.3. The predicted molar refractivity (Wildman–Crippen MR) is 78.1 cm³/mol. The standard InChI is InChI=1S/C15H10FN3O3/c1-22-10-3-5-12-14(7-10)17-8-18-15(12)11-4-2-9(19(20)21)6-13(11)16/h2-8H,1H3. The average molecular weight is 299 g/mol. The third-order valence-corrected chi connectivity index (χ3v) is 3.26. The second-order valence-electron chi connectivity index (χ2n) is 4.53. The monoisotopic (exact) mass is 299 g/mol. The maximum atomic E-state index is 14.2. The Kier molecular flexibility index (Phi) is 3.38. The van der Waals surface area contributed by atoms with Crippen LogP contribution in [0.1, 0.15) is 0 Å². The molecule has 0 spiro atoms. The fourth-order valence-electron chi connectivity index (χ4n) is 2.19. The lowest BCUT2D eigenvalue weighted by Gasteiger charge is -2.07. The third kappa shape index (κ3) is 2.32. The number of fused-ring (bicyclic) bond motifs is 1. The summed E-state index contributed by atoms with van der Waals surface area (Å²) in [7, 11) is 1.54. The van der Waals surface area contributed by atoms with Crippen LogP contribution < -0.4 is 4.74 Å². The van der Waals surface area contributed by atoms with Gasteiger partial charge in [0.25, 0.3) is 5.69 Å². The van der Waals surface area contributed by atoms with E-state index in [1.54, 1.807) is 25.3 Å². The number of halogens is 1. The first-order chi connectivity index (χ1) is 10.6. The SMILES string of the molecule is COc1ccc2c(-c3ccc([N+](=O)[O-])cc3F)ncnc2c1. The summed E-state index contributed by atoms with van der Waals surface area (Å²) in [6.45, 7) is 0. The zero-order chi connectivity index (χ0) is 15.7. The van der Waals surface area contributed by atoms with Crippen molar-refractivity contribution in [2.45, 2.75) is 0 Å². The van der Waals surface area contributed by atoms with Crippen LogP contribution in [0.5, 0.6) is 5.75 Å². The van der Waals surface area contributed by atoms with Crippen molar-refractivity contribution in [3.8, 4) is 17.0 Å². The summed E-state index contributed by atoms with van der Waals surface area (Å²) in [6.07, 6.45) is 1.32. The lowest BCUT2D eigenvalue weighted by atomic mass is 10.1. The minimum Gasteiger partial charge on any atom is -0.497 e. The van der Waals surface area contributed by atoms with Gasteiger partial charge in [-0.25, -0.2) is 14.4 Å². The average Bonchev–Trinajstić information content (AvgIpc) is 2.53. The molecule has 0 N–H and O–H groups in total. The van der Waals surface area contributed by atoms with Gasteiger partial charge in [0.2, 0.25) is 0 Å². The van der Waals surface area contributed by atoms with Gasteiger partial charge in [-0.05, 0) is 18.2 Å². The zero-order valence-electron chi connectivity index (χ0n) is 11.5. The van der Waals surface area contributed by atoms with E-state index in [9.17, 15) is 14.5 Å². The number of hydrogen-bond acceptors (Lipinski definition) is 5. The maximum Gasteiger partial charge on any atom is 0.272 e. The van der Waals surface area contributed by atoms with Crippen LogP contribution in [-0.2, 0) is 0 Å². The Labute approximate surface area is 124 Å². The van der Waals surface area contributed by atoms with Gasteiger partial charge in [0, 0.05) is 23.1 Å². The highest BCUT2D eigenvalue weighted by Gasteiger charge is 2.15. The molecule has 0 amide bonds. The Bertz CT molecular complexity index is 883. The van der Waals surface area contributed by atoms with E-state index in [-0.39, 0.29) is 11.3 Å². The van der Waals surface area contributed by atoms with Crippen molar-refractivity contribution in [2.24, 2.45) is 0 Å². The summed E-state index contributed by atoms with van der Waals surface area (Å²) in [5.41, 5.74) is 0.853. The Balaban J connectivity index is 2.20. The molecule has 7 heteroatoms. The van der Waals surface area contributed by atoms with Gasteiger partial charge in [-0.1, -0.05) is 0 Å². The summed E-state index contributed by atoms with van der Waals surface area (Å²) < 4.78 is 19.3. The maximum absolute atomic E-state index is 14.2. The number of non-ortho nitro benzene ring substituents is 1. The van der Waals surface area contributed by atoms with Gasteiger partial charge in [-0.2, -0.15) is 0 Å². The van der Waals surface area contributed by atoms with Crippen LogP contribution in [0.2, 0.25) is 0 Å². The first kappa shape index (κ1) is 13.9. The van der Waals surface area contributed by atoms with Crippen LogP contribution in [0, 0.1) is 15.9 Å². The molecule has 1 heterocycles. The molecule has 3 aromatic rings. The summed E-state index contributed by atoms with van der Waals surface area (Å²) >= 11 is 0. The fraction of sp³-hybridized carbons (Fsp3) is 0.0667. The fourth-order valence-corrected chi connectivity index (χ4v) is 2.19. The molecule has 0 aliphatic heterocycles. The van der Waals surface area contributed by atoms with E-state index < -0.39 is 10.7 Å². The molecule has 0 saturated heterocycles. The zero-order valence-corrected chi connectivity index (χ0v) is 11.5. The van der Waals surface area contributed by atoms with Gasteiger partial charge in [0.05, 0.1) is 29.3 Å². The van der Waals surface area contributed by atoms with Crippen molar-refractivity contribution >= 4 is 16.6 Å². The van der Waals surface area contributed by atoms with Gasteiger partial charge in [0.15, 0.2) is 0 Å². The van der Waals surface area contributed by atoms with Crippen LogP contribution in [0.4, 0.5) is 10.1 Å². The molecule has 0 aliphatic rings. The lowest BCUT2D eigenvalue weighted by molar-refractivity contribution is -0.385. The molecule has 0 bridgehead atoms. The van der Waals surface area contributed by atoms with Gasteiger partial charge in [0.1, 0.15) is 17.9 Å². The second kappa shape index (κ2) is 5.36. The number of aromatic nitrogens is 2. The van der Waals surface area contributed by atoms with Crippen LogP contribution in [-0.4, -0.2) is 22.0 Å². The van der Waals surface area contributed by atoms with Gasteiger partial charge < -0.3 is 4.74 Å². The van der Waals surface area contributed by atoms with E-state index in [2.05, 4.69) is 9.97 Å². The van der Waals surface area contributed by atoms with E-state index in [0.29, 0.717) is 22.3 Å². The second-order valence-corrected chi connectivity index (χ2v) is 4.53. The van der Waals surface area contributed by atoms with E-state index in [1.807, 2.05) is 0 Å². The molecular weight excluding hydrogens is 289 g/mol. The molecule has 22 heavy (non-hydrogen) atoms. The number of nitrogens with zero attached hydrogens (tertiary/aromatic N) is 3. The highest BCUT2D eigenvalue weighted by Crippen LogP contribution is 2.30. The molecular formula is C15H10FN3O3. The topological polar surface area (TPSA) is 78.2 Å². The number of rotatable bonds is 3. The minimum atomic E-state index is -0.704. The number of methoxy groups -OCH3 is 1. The summed E-state index contributed by atoms with van der Waals surface area (Å²) in [5, 5.41) is 11.3. The van der Waals surface area contributed by atoms with Crippen molar-refractivity contribution in [1.29, 1.82) is 0 Å². The molecule has 6 nitrogen and oxygen atoms in total. The lowest BCUT2D eigenvalue weighted by Crippen LogP contribution is -1.95. The van der Waals surface area contributed by atoms with E-state index in [0.717, 1.165) is 6.07 Å². The van der Waals surface area contributed by atoms with E-state index in [1.165, 1.54) is 18.5 Å². The number of ether oxygens (including phenoxy) is 1. The van der Waals surface area contributed by atoms with Gasteiger partial charge >= 0.3 is 0 Å². The van der Waals surface area contributed by atoms with Crippen molar-refractivity contribution < 1.29 is 14.1 Å². The van der Waals surface area contributed by atoms with Crippen LogP contribution in [0.3, 0.4) is 0 Å². The molecule has 1 aromatic heterocycles. The molecule has 0 unspecified atom stereocenters. The molecule has 0 radical (unpaired) electrons. The molecule has 0 aliphatic carbocycles. The normalized spacial score (nSPS) is 10.6. The number of nitro groups is 1. The number of benzene rings is 2. The minimum absolute atomic E-state index is 0.183. The third-order valence-electron chi connectivity index (χ3n) is 3.26. The molecule has 0 atom stereocenters. The van der Waals surface area contributed by atoms with Crippen LogP contribution in [0.15, 0.2) is 42.7 Å². The summed E-state index contributed by atoms with van der Waals surface area (Å²) in [5.74, 6) is -0.0775. The Morgan fingerprint density at radius 2 is 2.00 bits per heavy atom. The van der Waals surface area contributed by atoms with Gasteiger partial charge in [-0.15, -0.1) is 0 Å². The molecule has 2 aromatic carbocycles. The Morgan fingerprint density at radius 1 is 1.18 bits per heavy atom. The number of nitro benzene ring substituents is 1. The van der Waals surface area contributed by atoms with Crippen LogP contribution >= 0.6 is 0 Å². The molecule has 0 saturated carbocycles. The van der Waals surface area contributed by atoms with E-state index in [4.69, 9.17) is 4.74 Å².